The highest BCUT2D eigenvalue weighted by Gasteiger charge is 2.27. The largest absolute Gasteiger partial charge is 0.372 e. The van der Waals surface area contributed by atoms with Gasteiger partial charge < -0.3 is 9.80 Å². The van der Waals surface area contributed by atoms with Gasteiger partial charge in [0, 0.05) is 47.8 Å². The molecule has 1 fully saturated rings. The molecular weight excluding hydrogens is 351 g/mol. The number of nitrogens with zero attached hydrogens (tertiary/aromatic N) is 2. The second kappa shape index (κ2) is 7.19. The van der Waals surface area contributed by atoms with Crippen molar-refractivity contribution in [1.82, 2.24) is 4.90 Å². The molecule has 4 rings (SSSR count). The van der Waals surface area contributed by atoms with Gasteiger partial charge in [0.1, 0.15) is 0 Å². The van der Waals surface area contributed by atoms with E-state index in [-0.39, 0.29) is 0 Å². The second-order valence-corrected chi connectivity index (χ2v) is 8.19. The van der Waals surface area contributed by atoms with Crippen LogP contribution in [0.3, 0.4) is 0 Å². The molecule has 2 aromatic rings. The molecular formula is C21H24Cl2N2. The number of hydrogen-bond donors (Lipinski definition) is 0. The molecule has 0 aliphatic carbocycles. The van der Waals surface area contributed by atoms with Crippen molar-refractivity contribution < 1.29 is 0 Å². The van der Waals surface area contributed by atoms with E-state index in [0.29, 0.717) is 5.92 Å². The Morgan fingerprint density at radius 3 is 2.60 bits per heavy atom. The highest BCUT2D eigenvalue weighted by molar-refractivity contribution is 6.35. The molecule has 0 bridgehead atoms. The highest BCUT2D eigenvalue weighted by Crippen LogP contribution is 2.39. The van der Waals surface area contributed by atoms with E-state index < -0.39 is 0 Å². The van der Waals surface area contributed by atoms with Crippen molar-refractivity contribution in [2.45, 2.75) is 31.7 Å². The molecule has 0 aromatic heterocycles. The minimum atomic E-state index is 0.315. The van der Waals surface area contributed by atoms with Crippen molar-refractivity contribution in [2.75, 3.05) is 31.6 Å². The molecule has 25 heavy (non-hydrogen) atoms. The number of piperidine rings is 1. The normalized spacial score (nSPS) is 21.2. The van der Waals surface area contributed by atoms with Crippen LogP contribution in [0, 0.1) is 0 Å². The zero-order valence-electron chi connectivity index (χ0n) is 14.6. The molecule has 0 saturated carbocycles. The predicted octanol–water partition coefficient (Wildman–Crippen LogP) is 5.56. The van der Waals surface area contributed by atoms with E-state index in [4.69, 9.17) is 23.2 Å². The Morgan fingerprint density at radius 1 is 1.00 bits per heavy atom. The fourth-order valence-corrected chi connectivity index (χ4v) is 4.79. The van der Waals surface area contributed by atoms with Gasteiger partial charge in [-0.3, -0.25) is 0 Å². The van der Waals surface area contributed by atoms with Gasteiger partial charge in [0.25, 0.3) is 0 Å². The molecule has 132 valence electrons. The molecule has 1 saturated heterocycles. The maximum Gasteiger partial charge on any atom is 0.0468 e. The van der Waals surface area contributed by atoms with Gasteiger partial charge >= 0.3 is 0 Å². The Balaban J connectivity index is 1.73. The van der Waals surface area contributed by atoms with Gasteiger partial charge in [-0.2, -0.15) is 0 Å². The maximum atomic E-state index is 6.50. The summed E-state index contributed by atoms with van der Waals surface area (Å²) in [5, 5.41) is 1.51. The van der Waals surface area contributed by atoms with Crippen molar-refractivity contribution in [3.8, 4) is 0 Å². The molecule has 0 amide bonds. The number of likely N-dealkylation sites (N-methyl/N-ethyl adjacent to an activating group) is 1. The summed E-state index contributed by atoms with van der Waals surface area (Å²) in [5.41, 5.74) is 5.20. The topological polar surface area (TPSA) is 6.48 Å². The first-order valence-electron chi connectivity index (χ1n) is 9.13. The standard InChI is InChI=1S/C21H24Cl2N2/c1-24-13-19(18-11-16(22)12-21(23)20(18)14-24)15-6-5-7-17(10-15)25-8-3-2-4-9-25/h5-7,10-12,19H,2-4,8-9,13-14H2,1H3/t19-/m0/s1. The van der Waals surface area contributed by atoms with Crippen LogP contribution in [0.25, 0.3) is 0 Å². The van der Waals surface area contributed by atoms with Crippen LogP contribution in [-0.2, 0) is 6.54 Å². The average Bonchev–Trinajstić information content (AvgIpc) is 2.63. The lowest BCUT2D eigenvalue weighted by atomic mass is 9.84. The summed E-state index contributed by atoms with van der Waals surface area (Å²) < 4.78 is 0. The number of hydrogen-bond acceptors (Lipinski definition) is 2. The lowest BCUT2D eigenvalue weighted by Crippen LogP contribution is -2.32. The van der Waals surface area contributed by atoms with Gasteiger partial charge in [-0.15, -0.1) is 0 Å². The molecule has 2 aliphatic heterocycles. The third-order valence-corrected chi connectivity index (χ3v) is 6.04. The van der Waals surface area contributed by atoms with Crippen LogP contribution < -0.4 is 4.90 Å². The van der Waals surface area contributed by atoms with Crippen LogP contribution >= 0.6 is 23.2 Å². The van der Waals surface area contributed by atoms with Gasteiger partial charge in [0.15, 0.2) is 0 Å². The number of anilines is 1. The Morgan fingerprint density at radius 2 is 1.80 bits per heavy atom. The van der Waals surface area contributed by atoms with E-state index in [9.17, 15) is 0 Å². The molecule has 1 atom stereocenters. The Labute approximate surface area is 160 Å². The first-order valence-corrected chi connectivity index (χ1v) is 9.88. The molecule has 4 heteroatoms. The van der Waals surface area contributed by atoms with Crippen molar-refractivity contribution >= 4 is 28.9 Å². The molecule has 2 aromatic carbocycles. The van der Waals surface area contributed by atoms with E-state index >= 15 is 0 Å². The summed E-state index contributed by atoms with van der Waals surface area (Å²) in [5.74, 6) is 0.315. The summed E-state index contributed by atoms with van der Waals surface area (Å²) in [4.78, 5) is 4.87. The second-order valence-electron chi connectivity index (χ2n) is 7.35. The molecule has 0 N–H and O–H groups in total. The summed E-state index contributed by atoms with van der Waals surface area (Å²) >= 11 is 12.8. The Bertz CT molecular complexity index is 768. The molecule has 0 spiro atoms. The lowest BCUT2D eigenvalue weighted by molar-refractivity contribution is 0.295. The summed E-state index contributed by atoms with van der Waals surface area (Å²) in [6.07, 6.45) is 3.95. The minimum absolute atomic E-state index is 0.315. The van der Waals surface area contributed by atoms with Gasteiger partial charge in [-0.1, -0.05) is 35.3 Å². The van der Waals surface area contributed by atoms with Crippen LogP contribution in [0.2, 0.25) is 10.0 Å². The lowest BCUT2D eigenvalue weighted by Gasteiger charge is -2.34. The summed E-state index contributed by atoms with van der Waals surface area (Å²) in [7, 11) is 2.16. The molecule has 2 aliphatic rings. The number of fused-ring (bicyclic) bond motifs is 1. The number of rotatable bonds is 2. The van der Waals surface area contributed by atoms with Gasteiger partial charge in [0.05, 0.1) is 0 Å². The Hall–Kier alpha value is -1.22. The Kier molecular flexibility index (Phi) is 4.95. The first-order chi connectivity index (χ1) is 12.1. The summed E-state index contributed by atoms with van der Waals surface area (Å²) in [6.45, 7) is 4.21. The van der Waals surface area contributed by atoms with E-state index in [0.717, 1.165) is 23.1 Å². The molecule has 0 radical (unpaired) electrons. The minimum Gasteiger partial charge on any atom is -0.372 e. The van der Waals surface area contributed by atoms with Crippen LogP contribution in [0.15, 0.2) is 36.4 Å². The van der Waals surface area contributed by atoms with Gasteiger partial charge in [-0.05, 0) is 67.3 Å². The average molecular weight is 375 g/mol. The van der Waals surface area contributed by atoms with Crippen LogP contribution in [0.4, 0.5) is 5.69 Å². The van der Waals surface area contributed by atoms with Crippen LogP contribution in [0.1, 0.15) is 41.9 Å². The predicted molar refractivity (Wildman–Crippen MR) is 107 cm³/mol. The zero-order chi connectivity index (χ0) is 17.4. The van der Waals surface area contributed by atoms with E-state index in [2.05, 4.69) is 47.2 Å². The maximum absolute atomic E-state index is 6.50. The quantitative estimate of drug-likeness (QED) is 0.678. The van der Waals surface area contributed by atoms with E-state index in [1.807, 2.05) is 6.07 Å². The monoisotopic (exact) mass is 374 g/mol. The molecule has 0 unspecified atom stereocenters. The fraction of sp³-hybridized carbons (Fsp3) is 0.429. The third kappa shape index (κ3) is 3.53. The van der Waals surface area contributed by atoms with Crippen molar-refractivity contribution in [1.29, 1.82) is 0 Å². The van der Waals surface area contributed by atoms with Crippen molar-refractivity contribution in [2.24, 2.45) is 0 Å². The van der Waals surface area contributed by atoms with Crippen molar-refractivity contribution in [3.63, 3.8) is 0 Å². The molecule has 2 nitrogen and oxygen atoms in total. The fourth-order valence-electron chi connectivity index (χ4n) is 4.22. The van der Waals surface area contributed by atoms with E-state index in [1.165, 1.54) is 54.7 Å². The van der Waals surface area contributed by atoms with Gasteiger partial charge in [-0.25, -0.2) is 0 Å². The van der Waals surface area contributed by atoms with Crippen LogP contribution in [-0.4, -0.2) is 31.6 Å². The van der Waals surface area contributed by atoms with E-state index in [1.54, 1.807) is 0 Å². The van der Waals surface area contributed by atoms with Crippen molar-refractivity contribution in [3.05, 3.63) is 63.1 Å². The highest BCUT2D eigenvalue weighted by atomic mass is 35.5. The van der Waals surface area contributed by atoms with Crippen LogP contribution in [0.5, 0.6) is 0 Å². The number of benzene rings is 2. The SMILES string of the molecule is CN1Cc2c(Cl)cc(Cl)cc2[C@H](c2cccc(N3CCCCC3)c2)C1. The zero-order valence-corrected chi connectivity index (χ0v) is 16.2. The number of halogens is 2. The van der Waals surface area contributed by atoms with Gasteiger partial charge in [0.2, 0.25) is 0 Å². The third-order valence-electron chi connectivity index (χ3n) is 5.49. The first kappa shape index (κ1) is 17.2. The smallest absolute Gasteiger partial charge is 0.0468 e. The summed E-state index contributed by atoms with van der Waals surface area (Å²) in [6, 6.07) is 13.0. The molecule has 2 heterocycles.